The number of hydrogen-bond donors (Lipinski definition) is 0. The molecule has 0 unspecified atom stereocenters. The largest absolute Gasteiger partial charge is 0.465 e. The maximum absolute atomic E-state index is 6.18. The zero-order chi connectivity index (χ0) is 19.1. The third-order valence-corrected chi connectivity index (χ3v) is 4.20. The molecule has 3 nitrogen and oxygen atoms in total. The fourth-order valence-corrected chi connectivity index (χ4v) is 2.46. The lowest BCUT2D eigenvalue weighted by atomic mass is 10.1. The van der Waals surface area contributed by atoms with Crippen LogP contribution in [0.15, 0.2) is 95.7 Å². The van der Waals surface area contributed by atoms with Gasteiger partial charge in [-0.1, -0.05) is 48.5 Å². The summed E-state index contributed by atoms with van der Waals surface area (Å²) >= 11 is 0. The number of benzene rings is 3. The van der Waals surface area contributed by atoms with Gasteiger partial charge in [-0.25, -0.2) is 4.99 Å². The Morgan fingerprint density at radius 2 is 1.48 bits per heavy atom. The van der Waals surface area contributed by atoms with Crippen LogP contribution in [0, 0.1) is 13.8 Å². The highest BCUT2D eigenvalue weighted by molar-refractivity contribution is 5.96. The van der Waals surface area contributed by atoms with E-state index in [0.29, 0.717) is 5.90 Å². The first-order chi connectivity index (χ1) is 13.1. The Morgan fingerprint density at radius 3 is 2.19 bits per heavy atom. The molecule has 0 radical (unpaired) electrons. The second-order valence-electron chi connectivity index (χ2n) is 6.28. The molecule has 3 aromatic carbocycles. The molecule has 136 valence electrons. The molecule has 3 rings (SSSR count). The number of hydrogen-bond acceptors (Lipinski definition) is 3. The van der Waals surface area contributed by atoms with Gasteiger partial charge in [0.1, 0.15) is 11.5 Å². The molecule has 0 aliphatic carbocycles. The van der Waals surface area contributed by atoms with Crippen molar-refractivity contribution in [3.8, 4) is 11.5 Å². The van der Waals surface area contributed by atoms with Gasteiger partial charge in [-0.05, 0) is 62.2 Å². The van der Waals surface area contributed by atoms with Gasteiger partial charge in [0, 0.05) is 5.57 Å². The SMILES string of the molecule is C/C(=C\Oc1ccccc1)C(=Nc1ccccc1)Oc1cccc(C)c1C. The lowest BCUT2D eigenvalue weighted by Gasteiger charge is -2.13. The van der Waals surface area contributed by atoms with E-state index in [2.05, 4.69) is 18.0 Å². The van der Waals surface area contributed by atoms with E-state index in [1.54, 1.807) is 6.26 Å². The number of ether oxygens (including phenoxy) is 2. The van der Waals surface area contributed by atoms with E-state index in [4.69, 9.17) is 9.47 Å². The van der Waals surface area contributed by atoms with Gasteiger partial charge in [-0.2, -0.15) is 0 Å². The molecule has 0 aromatic heterocycles. The van der Waals surface area contributed by atoms with Crippen molar-refractivity contribution in [3.63, 3.8) is 0 Å². The molecule has 0 aliphatic rings. The third kappa shape index (κ3) is 5.08. The second kappa shape index (κ2) is 8.86. The van der Waals surface area contributed by atoms with Gasteiger partial charge in [0.15, 0.2) is 0 Å². The summed E-state index contributed by atoms with van der Waals surface area (Å²) in [5, 5.41) is 0. The average Bonchev–Trinajstić information content (AvgIpc) is 2.70. The van der Waals surface area contributed by atoms with Crippen LogP contribution in [0.4, 0.5) is 5.69 Å². The highest BCUT2D eigenvalue weighted by Gasteiger charge is 2.10. The van der Waals surface area contributed by atoms with Gasteiger partial charge < -0.3 is 9.47 Å². The van der Waals surface area contributed by atoms with Crippen LogP contribution < -0.4 is 9.47 Å². The van der Waals surface area contributed by atoms with Gasteiger partial charge in [0.25, 0.3) is 0 Å². The molecule has 27 heavy (non-hydrogen) atoms. The smallest absolute Gasteiger partial charge is 0.225 e. The fraction of sp³-hybridized carbons (Fsp3) is 0.125. The molecule has 3 aromatic rings. The van der Waals surface area contributed by atoms with E-state index in [-0.39, 0.29) is 0 Å². The molecule has 0 atom stereocenters. The van der Waals surface area contributed by atoms with Crippen molar-refractivity contribution in [2.45, 2.75) is 20.8 Å². The van der Waals surface area contributed by atoms with E-state index < -0.39 is 0 Å². The summed E-state index contributed by atoms with van der Waals surface area (Å²) in [6, 6.07) is 25.4. The van der Waals surface area contributed by atoms with Gasteiger partial charge in [-0.3, -0.25) is 0 Å². The summed E-state index contributed by atoms with van der Waals surface area (Å²) < 4.78 is 11.9. The van der Waals surface area contributed by atoms with Gasteiger partial charge >= 0.3 is 0 Å². The van der Waals surface area contributed by atoms with E-state index in [1.807, 2.05) is 86.6 Å². The van der Waals surface area contributed by atoms with Crippen molar-refractivity contribution in [2.75, 3.05) is 0 Å². The third-order valence-electron chi connectivity index (χ3n) is 4.20. The standard InChI is InChI=1S/C24H23NO2/c1-18-11-10-16-23(20(18)3)27-24(25-21-12-6-4-7-13-21)19(2)17-26-22-14-8-5-9-15-22/h4-17H,1-3H3/b19-17+,25-24?. The van der Waals surface area contributed by atoms with Crippen LogP contribution in [-0.2, 0) is 0 Å². The van der Waals surface area contributed by atoms with Crippen LogP contribution in [0.1, 0.15) is 18.1 Å². The molecule has 0 bridgehead atoms. The number of aryl methyl sites for hydroxylation is 1. The topological polar surface area (TPSA) is 30.8 Å². The number of rotatable bonds is 5. The molecule has 0 N–H and O–H groups in total. The Hall–Kier alpha value is -3.33. The molecule has 0 aliphatic heterocycles. The number of nitrogens with zero attached hydrogens (tertiary/aromatic N) is 1. The molecule has 0 spiro atoms. The van der Waals surface area contributed by atoms with Gasteiger partial charge in [0.05, 0.1) is 11.9 Å². The van der Waals surface area contributed by atoms with Crippen molar-refractivity contribution < 1.29 is 9.47 Å². The van der Waals surface area contributed by atoms with Crippen LogP contribution in [-0.4, -0.2) is 5.90 Å². The lowest BCUT2D eigenvalue weighted by Crippen LogP contribution is -2.12. The summed E-state index contributed by atoms with van der Waals surface area (Å²) in [5.74, 6) is 2.06. The second-order valence-corrected chi connectivity index (χ2v) is 6.28. The first kappa shape index (κ1) is 18.5. The van der Waals surface area contributed by atoms with Crippen molar-refractivity contribution in [1.82, 2.24) is 0 Å². The maximum Gasteiger partial charge on any atom is 0.225 e. The van der Waals surface area contributed by atoms with E-state index in [0.717, 1.165) is 28.3 Å². The number of aliphatic imine (C=N–C) groups is 1. The average molecular weight is 357 g/mol. The lowest BCUT2D eigenvalue weighted by molar-refractivity contribution is 0.473. The van der Waals surface area contributed by atoms with Crippen LogP contribution in [0.25, 0.3) is 0 Å². The first-order valence-corrected chi connectivity index (χ1v) is 8.90. The Bertz CT molecular complexity index is 945. The summed E-state index contributed by atoms with van der Waals surface area (Å²) in [5.41, 5.74) is 3.89. The predicted octanol–water partition coefficient (Wildman–Crippen LogP) is 6.40. The van der Waals surface area contributed by atoms with Crippen molar-refractivity contribution >= 4 is 11.6 Å². The Morgan fingerprint density at radius 1 is 0.815 bits per heavy atom. The van der Waals surface area contributed by atoms with Gasteiger partial charge in [0.2, 0.25) is 5.90 Å². The van der Waals surface area contributed by atoms with Crippen LogP contribution >= 0.6 is 0 Å². The Kier molecular flexibility index (Phi) is 6.06. The highest BCUT2D eigenvalue weighted by Crippen LogP contribution is 2.23. The molecule has 0 heterocycles. The van der Waals surface area contributed by atoms with Crippen LogP contribution in [0.2, 0.25) is 0 Å². The Balaban J connectivity index is 1.92. The molecule has 0 saturated heterocycles. The Labute approximate surface area is 160 Å². The molecular formula is C24H23NO2. The van der Waals surface area contributed by atoms with Crippen LogP contribution in [0.5, 0.6) is 11.5 Å². The van der Waals surface area contributed by atoms with E-state index >= 15 is 0 Å². The van der Waals surface area contributed by atoms with E-state index in [1.165, 1.54) is 5.56 Å². The van der Waals surface area contributed by atoms with Crippen molar-refractivity contribution in [2.24, 2.45) is 4.99 Å². The van der Waals surface area contributed by atoms with Crippen molar-refractivity contribution in [1.29, 1.82) is 0 Å². The molecule has 3 heteroatoms. The van der Waals surface area contributed by atoms with Crippen LogP contribution in [0.3, 0.4) is 0 Å². The zero-order valence-electron chi connectivity index (χ0n) is 15.8. The van der Waals surface area contributed by atoms with E-state index in [9.17, 15) is 0 Å². The number of para-hydroxylation sites is 2. The summed E-state index contributed by atoms with van der Waals surface area (Å²) in [7, 11) is 0. The normalized spacial score (nSPS) is 12.0. The minimum absolute atomic E-state index is 0.505. The minimum atomic E-state index is 0.505. The first-order valence-electron chi connectivity index (χ1n) is 8.90. The molecule has 0 fully saturated rings. The minimum Gasteiger partial charge on any atom is -0.465 e. The quantitative estimate of drug-likeness (QED) is 0.301. The monoisotopic (exact) mass is 357 g/mol. The summed E-state index contributed by atoms with van der Waals surface area (Å²) in [4.78, 5) is 4.68. The highest BCUT2D eigenvalue weighted by atomic mass is 16.5. The van der Waals surface area contributed by atoms with Crippen molar-refractivity contribution in [3.05, 3.63) is 102 Å². The molecule has 0 amide bonds. The molecule has 0 saturated carbocycles. The maximum atomic E-state index is 6.18. The summed E-state index contributed by atoms with van der Waals surface area (Å²) in [6.07, 6.45) is 1.67. The fourth-order valence-electron chi connectivity index (χ4n) is 2.46. The predicted molar refractivity (Wildman–Crippen MR) is 111 cm³/mol. The molecular weight excluding hydrogens is 334 g/mol. The zero-order valence-corrected chi connectivity index (χ0v) is 15.8. The summed E-state index contributed by atoms with van der Waals surface area (Å²) in [6.45, 7) is 6.04. The van der Waals surface area contributed by atoms with Gasteiger partial charge in [-0.15, -0.1) is 0 Å².